The first-order valence-corrected chi connectivity index (χ1v) is 6.21. The Hall–Kier alpha value is -0.980. The van der Waals surface area contributed by atoms with Crippen LogP contribution in [-0.2, 0) is 6.18 Å². The molecule has 0 N–H and O–H groups in total. The Labute approximate surface area is 102 Å². The highest BCUT2D eigenvalue weighted by Gasteiger charge is 2.39. The second kappa shape index (κ2) is 4.36. The molecule has 0 spiro atoms. The molecule has 0 radical (unpaired) electrons. The molecule has 3 nitrogen and oxygen atoms in total. The van der Waals surface area contributed by atoms with Gasteiger partial charge in [-0.2, -0.15) is 13.2 Å². The Morgan fingerprint density at radius 3 is 2.29 bits per heavy atom. The molecule has 1 fully saturated rings. The van der Waals surface area contributed by atoms with Crippen molar-refractivity contribution in [2.75, 3.05) is 37.0 Å². The van der Waals surface area contributed by atoms with E-state index < -0.39 is 11.9 Å². The maximum absolute atomic E-state index is 12.9. The lowest BCUT2D eigenvalue weighted by Gasteiger charge is -2.17. The monoisotopic (exact) mass is 265 g/mol. The van der Waals surface area contributed by atoms with E-state index in [1.54, 1.807) is 23.9 Å². The van der Waals surface area contributed by atoms with Gasteiger partial charge in [-0.15, -0.1) is 0 Å². The van der Waals surface area contributed by atoms with Crippen LogP contribution in [0.2, 0.25) is 0 Å². The summed E-state index contributed by atoms with van der Waals surface area (Å²) >= 11 is 1.11. The summed E-state index contributed by atoms with van der Waals surface area (Å²) in [5.41, 5.74) is -0.743. The van der Waals surface area contributed by atoms with E-state index in [0.717, 1.165) is 24.2 Å². The number of anilines is 2. The summed E-state index contributed by atoms with van der Waals surface area (Å²) in [6, 6.07) is 0. The summed E-state index contributed by atoms with van der Waals surface area (Å²) in [7, 11) is 3.40. The van der Waals surface area contributed by atoms with Crippen molar-refractivity contribution in [3.05, 3.63) is 5.69 Å². The van der Waals surface area contributed by atoms with Gasteiger partial charge in [0.25, 0.3) is 0 Å². The van der Waals surface area contributed by atoms with E-state index in [1.165, 1.54) is 0 Å². The summed E-state index contributed by atoms with van der Waals surface area (Å²) in [5.74, 6) is 0. The molecule has 2 rings (SSSR count). The van der Waals surface area contributed by atoms with Gasteiger partial charge in [0, 0.05) is 27.2 Å². The van der Waals surface area contributed by atoms with Crippen LogP contribution in [0.4, 0.5) is 23.3 Å². The molecule has 0 saturated carbocycles. The first-order chi connectivity index (χ1) is 7.89. The molecule has 17 heavy (non-hydrogen) atoms. The van der Waals surface area contributed by atoms with Gasteiger partial charge >= 0.3 is 6.18 Å². The predicted molar refractivity (Wildman–Crippen MR) is 62.9 cm³/mol. The van der Waals surface area contributed by atoms with Crippen LogP contribution in [0.25, 0.3) is 0 Å². The number of rotatable bonds is 2. The average molecular weight is 265 g/mol. The van der Waals surface area contributed by atoms with E-state index in [9.17, 15) is 13.2 Å². The summed E-state index contributed by atoms with van der Waals surface area (Å²) in [5, 5.41) is 0.665. The van der Waals surface area contributed by atoms with E-state index >= 15 is 0 Å². The third-order valence-electron chi connectivity index (χ3n) is 2.64. The molecule has 1 aliphatic rings. The maximum Gasteiger partial charge on any atom is 0.436 e. The van der Waals surface area contributed by atoms with Crippen LogP contribution in [0.3, 0.4) is 0 Å². The predicted octanol–water partition coefficient (Wildman–Crippen LogP) is 2.83. The second-order valence-corrected chi connectivity index (χ2v) is 5.19. The number of hydrogen-bond acceptors (Lipinski definition) is 4. The van der Waals surface area contributed by atoms with Crippen molar-refractivity contribution in [3.63, 3.8) is 0 Å². The van der Waals surface area contributed by atoms with Crippen LogP contribution in [0.15, 0.2) is 0 Å². The Morgan fingerprint density at radius 1 is 1.24 bits per heavy atom. The van der Waals surface area contributed by atoms with Crippen LogP contribution in [-0.4, -0.2) is 32.2 Å². The van der Waals surface area contributed by atoms with Crippen molar-refractivity contribution < 1.29 is 13.2 Å². The number of thiazole rings is 1. The third kappa shape index (κ3) is 2.48. The summed E-state index contributed by atoms with van der Waals surface area (Å²) < 4.78 is 38.6. The standard InChI is InChI=1S/C10H14F3N3S/c1-15(2)9-14-7(10(11,12)13)8(17-9)16-5-3-4-6-16/h3-6H2,1-2H3. The molecule has 0 aliphatic carbocycles. The van der Waals surface area contributed by atoms with E-state index in [1.807, 2.05) is 0 Å². The molecule has 7 heteroatoms. The minimum Gasteiger partial charge on any atom is -0.362 e. The van der Waals surface area contributed by atoms with Gasteiger partial charge in [0.15, 0.2) is 10.8 Å². The molecule has 0 aromatic carbocycles. The van der Waals surface area contributed by atoms with Gasteiger partial charge in [-0.1, -0.05) is 11.3 Å². The van der Waals surface area contributed by atoms with Gasteiger partial charge in [0.05, 0.1) is 0 Å². The van der Waals surface area contributed by atoms with E-state index in [-0.39, 0.29) is 5.00 Å². The summed E-state index contributed by atoms with van der Waals surface area (Å²) in [4.78, 5) is 7.10. The lowest BCUT2D eigenvalue weighted by molar-refractivity contribution is -0.140. The van der Waals surface area contributed by atoms with Crippen LogP contribution in [0, 0.1) is 0 Å². The van der Waals surface area contributed by atoms with Crippen LogP contribution >= 0.6 is 11.3 Å². The van der Waals surface area contributed by atoms with E-state index in [4.69, 9.17) is 0 Å². The van der Waals surface area contributed by atoms with Crippen molar-refractivity contribution in [1.82, 2.24) is 4.98 Å². The third-order valence-corrected chi connectivity index (χ3v) is 3.93. The van der Waals surface area contributed by atoms with Crippen LogP contribution in [0.1, 0.15) is 18.5 Å². The lowest BCUT2D eigenvalue weighted by Crippen LogP contribution is -2.20. The van der Waals surface area contributed by atoms with Gasteiger partial charge in [-0.3, -0.25) is 0 Å². The van der Waals surface area contributed by atoms with Crippen LogP contribution < -0.4 is 9.80 Å². The van der Waals surface area contributed by atoms with Gasteiger partial charge in [-0.25, -0.2) is 4.98 Å². The Bertz CT molecular complexity index is 394. The van der Waals surface area contributed by atoms with E-state index in [2.05, 4.69) is 4.98 Å². The Kier molecular flexibility index (Phi) is 3.20. The molecular weight excluding hydrogens is 251 g/mol. The maximum atomic E-state index is 12.9. The number of alkyl halides is 3. The Morgan fingerprint density at radius 2 is 1.82 bits per heavy atom. The molecule has 0 bridgehead atoms. The highest BCUT2D eigenvalue weighted by Crippen LogP contribution is 2.43. The topological polar surface area (TPSA) is 19.4 Å². The highest BCUT2D eigenvalue weighted by atomic mass is 32.1. The fourth-order valence-electron chi connectivity index (χ4n) is 1.81. The summed E-state index contributed by atoms with van der Waals surface area (Å²) in [6.45, 7) is 1.39. The molecule has 2 heterocycles. The molecule has 96 valence electrons. The number of halogens is 3. The number of hydrogen-bond donors (Lipinski definition) is 0. The molecular formula is C10H14F3N3S. The van der Waals surface area contributed by atoms with Gasteiger partial charge in [0.2, 0.25) is 0 Å². The van der Waals surface area contributed by atoms with Crippen molar-refractivity contribution in [2.24, 2.45) is 0 Å². The Balaban J connectivity index is 2.40. The fraction of sp³-hybridized carbons (Fsp3) is 0.700. The molecule has 1 aromatic rings. The molecule has 1 saturated heterocycles. The van der Waals surface area contributed by atoms with Crippen molar-refractivity contribution in [1.29, 1.82) is 0 Å². The zero-order valence-corrected chi connectivity index (χ0v) is 10.5. The normalized spacial score (nSPS) is 16.6. The number of aromatic nitrogens is 1. The fourth-order valence-corrected chi connectivity index (χ4v) is 2.87. The molecule has 0 unspecified atom stereocenters. The SMILES string of the molecule is CN(C)c1nc(C(F)(F)F)c(N2CCCC2)s1. The zero-order valence-electron chi connectivity index (χ0n) is 9.71. The smallest absolute Gasteiger partial charge is 0.362 e. The van der Waals surface area contributed by atoms with Gasteiger partial charge < -0.3 is 9.80 Å². The lowest BCUT2D eigenvalue weighted by atomic mass is 10.4. The van der Waals surface area contributed by atoms with Gasteiger partial charge in [-0.05, 0) is 12.8 Å². The second-order valence-electron chi connectivity index (χ2n) is 4.24. The first-order valence-electron chi connectivity index (χ1n) is 5.40. The molecule has 0 atom stereocenters. The molecule has 1 aromatic heterocycles. The number of nitrogens with zero attached hydrogens (tertiary/aromatic N) is 3. The van der Waals surface area contributed by atoms with Crippen molar-refractivity contribution in [2.45, 2.75) is 19.0 Å². The first kappa shape index (κ1) is 12.5. The minimum absolute atomic E-state index is 0.263. The largest absolute Gasteiger partial charge is 0.436 e. The van der Waals surface area contributed by atoms with Gasteiger partial charge in [0.1, 0.15) is 5.00 Å². The summed E-state index contributed by atoms with van der Waals surface area (Å²) in [6.07, 6.45) is -2.47. The zero-order chi connectivity index (χ0) is 12.6. The van der Waals surface area contributed by atoms with E-state index in [0.29, 0.717) is 18.2 Å². The highest BCUT2D eigenvalue weighted by molar-refractivity contribution is 7.19. The van der Waals surface area contributed by atoms with Crippen molar-refractivity contribution >= 4 is 21.5 Å². The van der Waals surface area contributed by atoms with Crippen LogP contribution in [0.5, 0.6) is 0 Å². The quantitative estimate of drug-likeness (QED) is 0.819. The molecule has 0 amide bonds. The minimum atomic E-state index is -4.37. The molecule has 1 aliphatic heterocycles. The average Bonchev–Trinajstić information content (AvgIpc) is 2.85. The van der Waals surface area contributed by atoms with Crippen molar-refractivity contribution in [3.8, 4) is 0 Å².